The van der Waals surface area contributed by atoms with E-state index in [4.69, 9.17) is 0 Å². The van der Waals surface area contributed by atoms with E-state index in [-0.39, 0.29) is 0 Å². The molecule has 0 aliphatic rings. The highest BCUT2D eigenvalue weighted by molar-refractivity contribution is 9.11. The summed E-state index contributed by atoms with van der Waals surface area (Å²) < 4.78 is 28.2. The highest BCUT2D eigenvalue weighted by atomic mass is 79.9. The SMILES string of the molecule is CCN(CCc1ccccc1)S(=O)(=O)c1cc(C)c(Br)s1. The monoisotopic (exact) mass is 387 g/mol. The maximum atomic E-state index is 12.7. The van der Waals surface area contributed by atoms with E-state index in [9.17, 15) is 8.42 Å². The van der Waals surface area contributed by atoms with Crippen LogP contribution < -0.4 is 0 Å². The van der Waals surface area contributed by atoms with Crippen molar-refractivity contribution in [1.29, 1.82) is 0 Å². The number of sulfonamides is 1. The number of rotatable bonds is 6. The number of hydrogen-bond acceptors (Lipinski definition) is 3. The summed E-state index contributed by atoms with van der Waals surface area (Å²) in [6, 6.07) is 11.7. The number of aryl methyl sites for hydroxylation is 1. The van der Waals surface area contributed by atoms with Crippen LogP contribution in [-0.2, 0) is 16.4 Å². The highest BCUT2D eigenvalue weighted by Gasteiger charge is 2.25. The molecule has 0 aliphatic carbocycles. The third-order valence-corrected chi connectivity index (χ3v) is 7.83. The molecule has 0 bridgehead atoms. The number of thiophene rings is 1. The van der Waals surface area contributed by atoms with Crippen molar-refractivity contribution in [3.05, 3.63) is 51.3 Å². The van der Waals surface area contributed by atoms with E-state index >= 15 is 0 Å². The first-order valence-electron chi connectivity index (χ1n) is 6.75. The van der Waals surface area contributed by atoms with Gasteiger partial charge < -0.3 is 0 Å². The lowest BCUT2D eigenvalue weighted by molar-refractivity contribution is 0.432. The standard InChI is InChI=1S/C15H18BrNO2S2/c1-3-17(10-9-13-7-5-4-6-8-13)21(18,19)14-11-12(2)15(16)20-14/h4-8,11H,3,9-10H2,1-2H3. The number of nitrogens with zero attached hydrogens (tertiary/aromatic N) is 1. The zero-order valence-electron chi connectivity index (χ0n) is 12.0. The van der Waals surface area contributed by atoms with Gasteiger partial charge in [-0.15, -0.1) is 11.3 Å². The predicted octanol–water partition coefficient (Wildman–Crippen LogP) is 4.07. The predicted molar refractivity (Wildman–Crippen MR) is 91.3 cm³/mol. The van der Waals surface area contributed by atoms with Gasteiger partial charge in [-0.3, -0.25) is 0 Å². The van der Waals surface area contributed by atoms with Crippen molar-refractivity contribution >= 4 is 37.3 Å². The molecule has 1 aromatic heterocycles. The molecule has 2 aromatic rings. The van der Waals surface area contributed by atoms with Gasteiger partial charge in [0.25, 0.3) is 10.0 Å². The summed E-state index contributed by atoms with van der Waals surface area (Å²) >= 11 is 4.66. The van der Waals surface area contributed by atoms with Crippen LogP contribution in [0.25, 0.3) is 0 Å². The van der Waals surface area contributed by atoms with Crippen LogP contribution in [0, 0.1) is 6.92 Å². The van der Waals surface area contributed by atoms with Gasteiger partial charge in [0.05, 0.1) is 3.79 Å². The van der Waals surface area contributed by atoms with Crippen molar-refractivity contribution in [3.8, 4) is 0 Å². The van der Waals surface area contributed by atoms with Gasteiger partial charge in [-0.25, -0.2) is 8.42 Å². The zero-order chi connectivity index (χ0) is 15.5. The van der Waals surface area contributed by atoms with Crippen molar-refractivity contribution in [2.24, 2.45) is 0 Å². The Morgan fingerprint density at radius 1 is 1.24 bits per heavy atom. The average molecular weight is 388 g/mol. The van der Waals surface area contributed by atoms with Crippen LogP contribution in [0.3, 0.4) is 0 Å². The van der Waals surface area contributed by atoms with E-state index in [1.54, 1.807) is 6.07 Å². The Bertz CT molecular complexity index is 676. The fraction of sp³-hybridized carbons (Fsp3) is 0.333. The smallest absolute Gasteiger partial charge is 0.206 e. The van der Waals surface area contributed by atoms with Gasteiger partial charge in [-0.1, -0.05) is 37.3 Å². The van der Waals surface area contributed by atoms with E-state index in [1.807, 2.05) is 44.2 Å². The Labute approximate surface area is 138 Å². The van der Waals surface area contributed by atoms with Crippen LogP contribution in [0.4, 0.5) is 0 Å². The molecule has 0 spiro atoms. The minimum absolute atomic E-state index is 0.404. The van der Waals surface area contributed by atoms with Crippen molar-refractivity contribution in [3.63, 3.8) is 0 Å². The molecule has 1 aromatic carbocycles. The van der Waals surface area contributed by atoms with Crippen molar-refractivity contribution < 1.29 is 8.42 Å². The second-order valence-electron chi connectivity index (χ2n) is 4.75. The molecule has 0 aliphatic heterocycles. The molecular formula is C15H18BrNO2S2. The van der Waals surface area contributed by atoms with Crippen molar-refractivity contribution in [2.75, 3.05) is 13.1 Å². The van der Waals surface area contributed by atoms with E-state index < -0.39 is 10.0 Å². The molecule has 0 N–H and O–H groups in total. The van der Waals surface area contributed by atoms with E-state index in [2.05, 4.69) is 15.9 Å². The molecule has 0 amide bonds. The minimum Gasteiger partial charge on any atom is -0.206 e. The molecule has 0 fully saturated rings. The number of halogens is 1. The van der Waals surface area contributed by atoms with Gasteiger partial charge in [0, 0.05) is 13.1 Å². The molecule has 21 heavy (non-hydrogen) atoms. The zero-order valence-corrected chi connectivity index (χ0v) is 15.3. The minimum atomic E-state index is -3.40. The van der Waals surface area contributed by atoms with Gasteiger partial charge >= 0.3 is 0 Å². The van der Waals surface area contributed by atoms with Crippen LogP contribution in [-0.4, -0.2) is 25.8 Å². The molecule has 0 atom stereocenters. The highest BCUT2D eigenvalue weighted by Crippen LogP contribution is 2.32. The molecule has 0 unspecified atom stereocenters. The number of likely N-dealkylation sites (N-methyl/N-ethyl adjacent to an activating group) is 1. The third-order valence-electron chi connectivity index (χ3n) is 3.27. The van der Waals surface area contributed by atoms with E-state index in [0.717, 1.165) is 21.3 Å². The van der Waals surface area contributed by atoms with Crippen molar-refractivity contribution in [1.82, 2.24) is 4.31 Å². The third kappa shape index (κ3) is 3.94. The van der Waals surface area contributed by atoms with Crippen LogP contribution in [0.5, 0.6) is 0 Å². The maximum absolute atomic E-state index is 12.7. The van der Waals surface area contributed by atoms with E-state index in [0.29, 0.717) is 17.3 Å². The fourth-order valence-electron chi connectivity index (χ4n) is 2.03. The molecule has 0 saturated heterocycles. The largest absolute Gasteiger partial charge is 0.252 e. The van der Waals surface area contributed by atoms with Gasteiger partial charge in [-0.05, 0) is 46.5 Å². The van der Waals surface area contributed by atoms with Crippen LogP contribution in [0.2, 0.25) is 0 Å². The lowest BCUT2D eigenvalue weighted by atomic mass is 10.1. The Morgan fingerprint density at radius 3 is 2.43 bits per heavy atom. The second-order valence-corrected chi connectivity index (χ2v) is 9.29. The summed E-state index contributed by atoms with van der Waals surface area (Å²) in [5, 5.41) is 0. The first kappa shape index (κ1) is 16.7. The Morgan fingerprint density at radius 2 is 1.90 bits per heavy atom. The summed E-state index contributed by atoms with van der Waals surface area (Å²) in [4.78, 5) is 0. The Balaban J connectivity index is 2.16. The number of hydrogen-bond donors (Lipinski definition) is 0. The molecule has 2 rings (SSSR count). The quantitative estimate of drug-likeness (QED) is 0.748. The van der Waals surface area contributed by atoms with E-state index in [1.165, 1.54) is 15.6 Å². The number of benzene rings is 1. The van der Waals surface area contributed by atoms with Crippen LogP contribution in [0.15, 0.2) is 44.4 Å². The molecule has 3 nitrogen and oxygen atoms in total. The van der Waals surface area contributed by atoms with Crippen LogP contribution >= 0.6 is 27.3 Å². The van der Waals surface area contributed by atoms with Gasteiger partial charge in [-0.2, -0.15) is 4.31 Å². The summed E-state index contributed by atoms with van der Waals surface area (Å²) in [5.74, 6) is 0. The molecule has 6 heteroatoms. The van der Waals surface area contributed by atoms with Gasteiger partial charge in [0.1, 0.15) is 4.21 Å². The maximum Gasteiger partial charge on any atom is 0.252 e. The van der Waals surface area contributed by atoms with Crippen molar-refractivity contribution in [2.45, 2.75) is 24.5 Å². The first-order chi connectivity index (χ1) is 9.95. The normalized spacial score (nSPS) is 12.0. The fourth-order valence-corrected chi connectivity index (χ4v) is 5.86. The Hall–Kier alpha value is -0.690. The van der Waals surface area contributed by atoms with Gasteiger partial charge in [0.15, 0.2) is 0 Å². The summed E-state index contributed by atoms with van der Waals surface area (Å²) in [5.41, 5.74) is 2.10. The second kappa shape index (κ2) is 7.05. The topological polar surface area (TPSA) is 37.4 Å². The average Bonchev–Trinajstić information content (AvgIpc) is 2.81. The molecule has 0 saturated carbocycles. The summed E-state index contributed by atoms with van der Waals surface area (Å²) in [6.45, 7) is 4.75. The lowest BCUT2D eigenvalue weighted by Crippen LogP contribution is -2.32. The lowest BCUT2D eigenvalue weighted by Gasteiger charge is -2.19. The summed E-state index contributed by atoms with van der Waals surface area (Å²) in [6.07, 6.45) is 0.722. The molecular weight excluding hydrogens is 370 g/mol. The molecule has 0 radical (unpaired) electrons. The van der Waals surface area contributed by atoms with Crippen LogP contribution in [0.1, 0.15) is 18.1 Å². The van der Waals surface area contributed by atoms with Gasteiger partial charge in [0.2, 0.25) is 0 Å². The molecule has 114 valence electrons. The molecule has 1 heterocycles. The Kier molecular flexibility index (Phi) is 5.60. The summed E-state index contributed by atoms with van der Waals surface area (Å²) in [7, 11) is -3.40. The first-order valence-corrected chi connectivity index (χ1v) is 9.80.